The Kier molecular flexibility index (Phi) is 4.60. The van der Waals surface area contributed by atoms with Crippen molar-refractivity contribution in [1.29, 1.82) is 0 Å². The summed E-state index contributed by atoms with van der Waals surface area (Å²) >= 11 is 0. The van der Waals surface area contributed by atoms with Crippen LogP contribution in [0, 0.1) is 0 Å². The molecule has 6 nitrogen and oxygen atoms in total. The Balaban J connectivity index is 1.66. The van der Waals surface area contributed by atoms with Gasteiger partial charge in [-0.2, -0.15) is 0 Å². The van der Waals surface area contributed by atoms with Gasteiger partial charge < -0.3 is 14.8 Å². The first-order valence-electron chi connectivity index (χ1n) is 8.88. The molecule has 0 unspecified atom stereocenters. The quantitative estimate of drug-likeness (QED) is 0.577. The average molecular weight is 387 g/mol. The molecule has 0 bridgehead atoms. The number of ether oxygens (including phenoxy) is 2. The molecule has 6 heteroatoms. The Morgan fingerprint density at radius 3 is 1.86 bits per heavy atom. The third kappa shape index (κ3) is 3.25. The largest absolute Gasteiger partial charge is 0.497 e. The summed E-state index contributed by atoms with van der Waals surface area (Å²) in [6, 6.07) is 16.3. The molecule has 3 aromatic rings. The van der Waals surface area contributed by atoms with Gasteiger partial charge in [-0.05, 0) is 30.3 Å². The van der Waals surface area contributed by atoms with Gasteiger partial charge in [-0.3, -0.25) is 14.4 Å². The molecule has 0 saturated carbocycles. The van der Waals surface area contributed by atoms with Crippen molar-refractivity contribution in [3.8, 4) is 11.5 Å². The van der Waals surface area contributed by atoms with Crippen LogP contribution in [0.1, 0.15) is 42.2 Å². The number of benzene rings is 3. The zero-order valence-corrected chi connectivity index (χ0v) is 15.8. The molecule has 4 rings (SSSR count). The number of amides is 1. The van der Waals surface area contributed by atoms with Crippen LogP contribution in [0.2, 0.25) is 0 Å². The van der Waals surface area contributed by atoms with E-state index in [9.17, 15) is 14.4 Å². The van der Waals surface area contributed by atoms with Crippen molar-refractivity contribution in [2.24, 2.45) is 0 Å². The Morgan fingerprint density at radius 1 is 0.724 bits per heavy atom. The molecule has 0 atom stereocenters. The second-order valence-electron chi connectivity index (χ2n) is 6.52. The number of hydrogen-bond acceptors (Lipinski definition) is 5. The van der Waals surface area contributed by atoms with Crippen LogP contribution < -0.4 is 14.8 Å². The normalized spacial score (nSPS) is 12.1. The summed E-state index contributed by atoms with van der Waals surface area (Å²) in [4.78, 5) is 38.2. The lowest BCUT2D eigenvalue weighted by Crippen LogP contribution is -2.21. The number of nitrogens with one attached hydrogen (secondary N) is 1. The summed E-state index contributed by atoms with van der Waals surface area (Å²) in [5.74, 6) is 0.131. The summed E-state index contributed by atoms with van der Waals surface area (Å²) in [6.45, 7) is 0. The SMILES string of the molecule is COc1cc(OC)cc(C(=O)Nc2ccc3c(c2)C(=O)c2ccccc2C3=O)c1. The first-order chi connectivity index (χ1) is 14.0. The molecule has 29 heavy (non-hydrogen) atoms. The molecule has 0 aliphatic heterocycles. The molecule has 0 radical (unpaired) electrons. The van der Waals surface area contributed by atoms with E-state index in [2.05, 4.69) is 5.32 Å². The molecule has 1 amide bonds. The summed E-state index contributed by atoms with van der Waals surface area (Å²) in [7, 11) is 3.00. The van der Waals surface area contributed by atoms with Gasteiger partial charge in [0, 0.05) is 39.6 Å². The second-order valence-corrected chi connectivity index (χ2v) is 6.52. The summed E-state index contributed by atoms with van der Waals surface area (Å²) in [5.41, 5.74) is 2.11. The highest BCUT2D eigenvalue weighted by molar-refractivity contribution is 6.28. The Morgan fingerprint density at radius 2 is 1.28 bits per heavy atom. The minimum Gasteiger partial charge on any atom is -0.497 e. The highest BCUT2D eigenvalue weighted by Crippen LogP contribution is 2.29. The Hall–Kier alpha value is -3.93. The maximum Gasteiger partial charge on any atom is 0.255 e. The third-order valence-corrected chi connectivity index (χ3v) is 4.80. The van der Waals surface area contributed by atoms with Crippen molar-refractivity contribution in [2.45, 2.75) is 0 Å². The highest BCUT2D eigenvalue weighted by Gasteiger charge is 2.29. The van der Waals surface area contributed by atoms with Crippen LogP contribution in [0.15, 0.2) is 60.7 Å². The fourth-order valence-electron chi connectivity index (χ4n) is 3.32. The zero-order valence-electron chi connectivity index (χ0n) is 15.8. The fraction of sp³-hybridized carbons (Fsp3) is 0.0870. The lowest BCUT2D eigenvalue weighted by molar-refractivity contribution is 0.0979. The van der Waals surface area contributed by atoms with Crippen molar-refractivity contribution in [1.82, 2.24) is 0 Å². The van der Waals surface area contributed by atoms with E-state index in [4.69, 9.17) is 9.47 Å². The third-order valence-electron chi connectivity index (χ3n) is 4.80. The minimum atomic E-state index is -0.392. The molecule has 3 aromatic carbocycles. The highest BCUT2D eigenvalue weighted by atomic mass is 16.5. The van der Waals surface area contributed by atoms with E-state index in [0.29, 0.717) is 39.4 Å². The van der Waals surface area contributed by atoms with Crippen molar-refractivity contribution in [2.75, 3.05) is 19.5 Å². The lowest BCUT2D eigenvalue weighted by Gasteiger charge is -2.18. The standard InChI is InChI=1S/C23H17NO5/c1-28-15-9-13(10-16(12-15)29-2)23(27)24-14-7-8-19-20(11-14)22(26)18-6-4-3-5-17(18)21(19)25/h3-12H,1-2H3,(H,24,27). The summed E-state index contributed by atoms with van der Waals surface area (Å²) in [5, 5.41) is 2.76. The molecule has 0 fully saturated rings. The van der Waals surface area contributed by atoms with Gasteiger partial charge in [-0.25, -0.2) is 0 Å². The summed E-state index contributed by atoms with van der Waals surface area (Å²) < 4.78 is 10.4. The first kappa shape index (κ1) is 18.4. The van der Waals surface area contributed by atoms with E-state index in [1.807, 2.05) is 0 Å². The first-order valence-corrected chi connectivity index (χ1v) is 8.88. The van der Waals surface area contributed by atoms with Gasteiger partial charge in [0.1, 0.15) is 11.5 Å². The average Bonchev–Trinajstić information content (AvgIpc) is 2.77. The number of methoxy groups -OCH3 is 2. The van der Waals surface area contributed by atoms with E-state index >= 15 is 0 Å². The van der Waals surface area contributed by atoms with Gasteiger partial charge in [0.15, 0.2) is 11.6 Å². The number of carbonyl (C=O) groups is 3. The molecule has 0 spiro atoms. The number of hydrogen-bond donors (Lipinski definition) is 1. The van der Waals surface area contributed by atoms with E-state index in [1.165, 1.54) is 20.3 Å². The topological polar surface area (TPSA) is 81.7 Å². The van der Waals surface area contributed by atoms with E-state index in [-0.39, 0.29) is 17.1 Å². The monoisotopic (exact) mass is 387 g/mol. The van der Waals surface area contributed by atoms with Crippen LogP contribution in [0.4, 0.5) is 5.69 Å². The van der Waals surface area contributed by atoms with Gasteiger partial charge in [-0.15, -0.1) is 0 Å². The van der Waals surface area contributed by atoms with E-state index < -0.39 is 5.91 Å². The molecule has 0 heterocycles. The van der Waals surface area contributed by atoms with E-state index in [1.54, 1.807) is 54.6 Å². The van der Waals surface area contributed by atoms with Crippen molar-refractivity contribution >= 4 is 23.2 Å². The van der Waals surface area contributed by atoms with Crippen molar-refractivity contribution in [3.05, 3.63) is 88.5 Å². The Bertz CT molecular complexity index is 1140. The zero-order chi connectivity index (χ0) is 20.5. The predicted molar refractivity (Wildman–Crippen MR) is 107 cm³/mol. The molecular formula is C23H17NO5. The second kappa shape index (κ2) is 7.24. The molecule has 1 N–H and O–H groups in total. The van der Waals surface area contributed by atoms with E-state index in [0.717, 1.165) is 0 Å². The minimum absolute atomic E-state index is 0.203. The van der Waals surface area contributed by atoms with Gasteiger partial charge in [-0.1, -0.05) is 24.3 Å². The number of fused-ring (bicyclic) bond motifs is 2. The van der Waals surface area contributed by atoms with Crippen molar-refractivity contribution in [3.63, 3.8) is 0 Å². The molecule has 144 valence electrons. The van der Waals surface area contributed by atoms with Gasteiger partial charge >= 0.3 is 0 Å². The summed E-state index contributed by atoms with van der Waals surface area (Å²) in [6.07, 6.45) is 0. The number of rotatable bonds is 4. The van der Waals surface area contributed by atoms with Crippen LogP contribution >= 0.6 is 0 Å². The molecule has 1 aliphatic rings. The van der Waals surface area contributed by atoms with Gasteiger partial charge in [0.25, 0.3) is 5.91 Å². The van der Waals surface area contributed by atoms with Crippen molar-refractivity contribution < 1.29 is 23.9 Å². The molecule has 0 aromatic heterocycles. The smallest absolute Gasteiger partial charge is 0.255 e. The van der Waals surface area contributed by atoms with Gasteiger partial charge in [0.2, 0.25) is 0 Å². The number of anilines is 1. The van der Waals surface area contributed by atoms with Crippen LogP contribution in [0.5, 0.6) is 11.5 Å². The number of carbonyl (C=O) groups excluding carboxylic acids is 3. The molecule has 1 aliphatic carbocycles. The van der Waals surface area contributed by atoms with Gasteiger partial charge in [0.05, 0.1) is 14.2 Å². The fourth-order valence-corrected chi connectivity index (χ4v) is 3.32. The lowest BCUT2D eigenvalue weighted by atomic mass is 9.84. The number of ketones is 2. The maximum atomic E-state index is 12.8. The van der Waals surface area contributed by atoms with Crippen LogP contribution in [0.3, 0.4) is 0 Å². The molecular weight excluding hydrogens is 370 g/mol. The maximum absolute atomic E-state index is 12.8. The predicted octanol–water partition coefficient (Wildman–Crippen LogP) is 3.73. The van der Waals surface area contributed by atoms with Crippen LogP contribution in [-0.4, -0.2) is 31.7 Å². The Labute approximate surface area is 167 Å². The van der Waals surface area contributed by atoms with Crippen LogP contribution in [0.25, 0.3) is 0 Å². The molecule has 0 saturated heterocycles. The van der Waals surface area contributed by atoms with Crippen LogP contribution in [-0.2, 0) is 0 Å².